The van der Waals surface area contributed by atoms with Crippen LogP contribution in [0.15, 0.2) is 45.3 Å². The molecule has 0 aliphatic heterocycles. The highest BCUT2D eigenvalue weighted by Crippen LogP contribution is 2.31. The van der Waals surface area contributed by atoms with Gasteiger partial charge >= 0.3 is 0 Å². The molecule has 4 heteroatoms. The standard InChI is InChI=1S/C14H11Br2FO/c1-8-10(3-2-4-12(8)16)14(18)11-7-9(15)5-6-13(11)17/h2-7,14,18H,1H3. The average molecular weight is 374 g/mol. The van der Waals surface area contributed by atoms with Gasteiger partial charge in [-0.1, -0.05) is 44.0 Å². The Kier molecular flexibility index (Phi) is 4.20. The van der Waals surface area contributed by atoms with Crippen LogP contribution in [0.1, 0.15) is 22.8 Å². The smallest absolute Gasteiger partial charge is 0.129 e. The van der Waals surface area contributed by atoms with Crippen LogP contribution in [0.2, 0.25) is 0 Å². The van der Waals surface area contributed by atoms with Crippen molar-refractivity contribution in [2.75, 3.05) is 0 Å². The number of rotatable bonds is 2. The van der Waals surface area contributed by atoms with E-state index in [1.54, 1.807) is 18.2 Å². The van der Waals surface area contributed by atoms with Crippen molar-refractivity contribution >= 4 is 31.9 Å². The number of aliphatic hydroxyl groups excluding tert-OH is 1. The topological polar surface area (TPSA) is 20.2 Å². The van der Waals surface area contributed by atoms with E-state index in [9.17, 15) is 9.50 Å². The molecule has 0 fully saturated rings. The number of hydrogen-bond donors (Lipinski definition) is 1. The van der Waals surface area contributed by atoms with E-state index < -0.39 is 11.9 Å². The second kappa shape index (κ2) is 5.51. The minimum Gasteiger partial charge on any atom is -0.384 e. The molecular weight excluding hydrogens is 363 g/mol. The third-order valence-electron chi connectivity index (χ3n) is 2.86. The number of aliphatic hydroxyl groups is 1. The fraction of sp³-hybridized carbons (Fsp3) is 0.143. The Bertz CT molecular complexity index is 582. The number of halogens is 3. The van der Waals surface area contributed by atoms with Crippen molar-refractivity contribution in [1.29, 1.82) is 0 Å². The highest BCUT2D eigenvalue weighted by atomic mass is 79.9. The van der Waals surface area contributed by atoms with Crippen molar-refractivity contribution in [3.05, 3.63) is 67.9 Å². The maximum Gasteiger partial charge on any atom is 0.129 e. The van der Waals surface area contributed by atoms with Crippen LogP contribution in [-0.2, 0) is 0 Å². The Hall–Kier alpha value is -0.710. The molecule has 94 valence electrons. The monoisotopic (exact) mass is 372 g/mol. The molecule has 1 N–H and O–H groups in total. The summed E-state index contributed by atoms with van der Waals surface area (Å²) in [6, 6.07) is 10.1. The molecule has 1 nitrogen and oxygen atoms in total. The molecule has 0 bridgehead atoms. The molecule has 0 heterocycles. The molecule has 0 radical (unpaired) electrons. The van der Waals surface area contributed by atoms with E-state index in [1.165, 1.54) is 6.07 Å². The predicted molar refractivity (Wildman–Crippen MR) is 77.0 cm³/mol. The molecule has 0 amide bonds. The molecule has 18 heavy (non-hydrogen) atoms. The van der Waals surface area contributed by atoms with Crippen LogP contribution in [0.25, 0.3) is 0 Å². The maximum absolute atomic E-state index is 13.7. The third kappa shape index (κ3) is 2.66. The van der Waals surface area contributed by atoms with Gasteiger partial charge in [-0.25, -0.2) is 4.39 Å². The Morgan fingerprint density at radius 3 is 2.56 bits per heavy atom. The molecule has 0 saturated heterocycles. The largest absolute Gasteiger partial charge is 0.384 e. The van der Waals surface area contributed by atoms with Crippen LogP contribution < -0.4 is 0 Å². The molecular formula is C14H11Br2FO. The Labute approximate surface area is 122 Å². The summed E-state index contributed by atoms with van der Waals surface area (Å²) in [5, 5.41) is 10.3. The van der Waals surface area contributed by atoms with E-state index >= 15 is 0 Å². The van der Waals surface area contributed by atoms with Gasteiger partial charge in [0.2, 0.25) is 0 Å². The van der Waals surface area contributed by atoms with Gasteiger partial charge in [0.05, 0.1) is 0 Å². The van der Waals surface area contributed by atoms with E-state index in [0.717, 1.165) is 14.5 Å². The summed E-state index contributed by atoms with van der Waals surface area (Å²) in [6.07, 6.45) is -0.972. The molecule has 0 aromatic heterocycles. The maximum atomic E-state index is 13.7. The van der Waals surface area contributed by atoms with Crippen LogP contribution in [-0.4, -0.2) is 5.11 Å². The lowest BCUT2D eigenvalue weighted by Gasteiger charge is -2.16. The van der Waals surface area contributed by atoms with Gasteiger partial charge in [0.15, 0.2) is 0 Å². The fourth-order valence-corrected chi connectivity index (χ4v) is 2.57. The molecule has 2 aromatic carbocycles. The van der Waals surface area contributed by atoms with Crippen molar-refractivity contribution < 1.29 is 9.50 Å². The van der Waals surface area contributed by atoms with Gasteiger partial charge in [0.25, 0.3) is 0 Å². The first kappa shape index (κ1) is 13.7. The zero-order chi connectivity index (χ0) is 13.3. The minimum absolute atomic E-state index is 0.269. The summed E-state index contributed by atoms with van der Waals surface area (Å²) < 4.78 is 15.4. The van der Waals surface area contributed by atoms with Crippen LogP contribution in [0.4, 0.5) is 4.39 Å². The highest BCUT2D eigenvalue weighted by molar-refractivity contribution is 9.10. The van der Waals surface area contributed by atoms with Crippen LogP contribution in [0.3, 0.4) is 0 Å². The fourth-order valence-electron chi connectivity index (χ4n) is 1.81. The SMILES string of the molecule is Cc1c(Br)cccc1C(O)c1cc(Br)ccc1F. The van der Waals surface area contributed by atoms with Crippen molar-refractivity contribution in [2.45, 2.75) is 13.0 Å². The van der Waals surface area contributed by atoms with Crippen LogP contribution >= 0.6 is 31.9 Å². The minimum atomic E-state index is -0.972. The Morgan fingerprint density at radius 2 is 1.83 bits per heavy atom. The van der Waals surface area contributed by atoms with Gasteiger partial charge in [-0.15, -0.1) is 0 Å². The first-order valence-electron chi connectivity index (χ1n) is 5.38. The highest BCUT2D eigenvalue weighted by Gasteiger charge is 2.18. The molecule has 0 spiro atoms. The van der Waals surface area contributed by atoms with Crippen molar-refractivity contribution in [3.8, 4) is 0 Å². The summed E-state index contributed by atoms with van der Waals surface area (Å²) in [5.41, 5.74) is 1.87. The van der Waals surface area contributed by atoms with E-state index in [2.05, 4.69) is 31.9 Å². The van der Waals surface area contributed by atoms with Crippen LogP contribution in [0.5, 0.6) is 0 Å². The van der Waals surface area contributed by atoms with Gasteiger partial charge in [-0.2, -0.15) is 0 Å². The van der Waals surface area contributed by atoms with Crippen molar-refractivity contribution in [1.82, 2.24) is 0 Å². The van der Waals surface area contributed by atoms with Gasteiger partial charge in [-0.05, 0) is 42.3 Å². The summed E-state index contributed by atoms with van der Waals surface area (Å²) in [6.45, 7) is 1.89. The molecule has 2 rings (SSSR count). The van der Waals surface area contributed by atoms with E-state index in [1.807, 2.05) is 19.1 Å². The molecule has 0 saturated carbocycles. The lowest BCUT2D eigenvalue weighted by atomic mass is 9.97. The molecule has 1 atom stereocenters. The quantitative estimate of drug-likeness (QED) is 0.805. The lowest BCUT2D eigenvalue weighted by Crippen LogP contribution is -2.05. The van der Waals surface area contributed by atoms with Crippen LogP contribution in [0, 0.1) is 12.7 Å². The predicted octanol–water partition coefficient (Wildman–Crippen LogP) is 4.74. The second-order valence-corrected chi connectivity index (χ2v) is 5.79. The van der Waals surface area contributed by atoms with E-state index in [0.29, 0.717) is 5.56 Å². The van der Waals surface area contributed by atoms with Crippen molar-refractivity contribution in [2.24, 2.45) is 0 Å². The van der Waals surface area contributed by atoms with Gasteiger partial charge in [0, 0.05) is 14.5 Å². The zero-order valence-corrected chi connectivity index (χ0v) is 12.8. The van der Waals surface area contributed by atoms with Gasteiger partial charge in [-0.3, -0.25) is 0 Å². The number of benzene rings is 2. The normalized spacial score (nSPS) is 12.5. The van der Waals surface area contributed by atoms with Crippen molar-refractivity contribution in [3.63, 3.8) is 0 Å². The van der Waals surface area contributed by atoms with E-state index in [4.69, 9.17) is 0 Å². The van der Waals surface area contributed by atoms with E-state index in [-0.39, 0.29) is 5.56 Å². The summed E-state index contributed by atoms with van der Waals surface area (Å²) in [4.78, 5) is 0. The third-order valence-corrected chi connectivity index (χ3v) is 4.21. The van der Waals surface area contributed by atoms with Gasteiger partial charge < -0.3 is 5.11 Å². The summed E-state index contributed by atoms with van der Waals surface area (Å²) in [5.74, 6) is -0.412. The Balaban J connectivity index is 2.51. The van der Waals surface area contributed by atoms with Gasteiger partial charge in [0.1, 0.15) is 11.9 Å². The number of hydrogen-bond acceptors (Lipinski definition) is 1. The zero-order valence-electron chi connectivity index (χ0n) is 9.62. The first-order chi connectivity index (χ1) is 8.50. The average Bonchev–Trinajstić information content (AvgIpc) is 2.35. The summed E-state index contributed by atoms with van der Waals surface area (Å²) in [7, 11) is 0. The lowest BCUT2D eigenvalue weighted by molar-refractivity contribution is 0.214. The second-order valence-electron chi connectivity index (χ2n) is 4.02. The molecule has 0 aliphatic carbocycles. The molecule has 0 aliphatic rings. The first-order valence-corrected chi connectivity index (χ1v) is 6.97. The summed E-state index contributed by atoms with van der Waals surface area (Å²) >= 11 is 6.69. The Morgan fingerprint density at radius 1 is 1.11 bits per heavy atom. The molecule has 1 unspecified atom stereocenters. The molecule has 2 aromatic rings.